The molecular weight excluding hydrogens is 468 g/mol. The number of aromatic nitrogens is 2. The maximum atomic E-state index is 13.5. The Balaban J connectivity index is 1.39. The number of carbonyl (C=O) groups excluding carboxylic acids is 2. The minimum absolute atomic E-state index is 0.0385. The molecular formula is C25H32N4O5S. The van der Waals surface area contributed by atoms with E-state index in [-0.39, 0.29) is 35.3 Å². The third-order valence-corrected chi connectivity index (χ3v) is 7.85. The quantitative estimate of drug-likeness (QED) is 0.438. The number of likely N-dealkylation sites (tertiary alicyclic amines) is 1. The molecule has 2 atom stereocenters. The lowest BCUT2D eigenvalue weighted by Gasteiger charge is -2.18. The number of rotatable bonds is 8. The summed E-state index contributed by atoms with van der Waals surface area (Å²) in [6.07, 6.45) is 5.91. The van der Waals surface area contributed by atoms with Crippen LogP contribution in [0.5, 0.6) is 0 Å². The molecule has 3 saturated heterocycles. The first-order valence-corrected chi connectivity index (χ1v) is 13.5. The summed E-state index contributed by atoms with van der Waals surface area (Å²) in [7, 11) is 0. The summed E-state index contributed by atoms with van der Waals surface area (Å²) in [4.78, 5) is 45.5. The van der Waals surface area contributed by atoms with Gasteiger partial charge in [-0.05, 0) is 56.7 Å². The molecule has 0 bridgehead atoms. The lowest BCUT2D eigenvalue weighted by atomic mass is 10.1. The highest BCUT2D eigenvalue weighted by molar-refractivity contribution is 7.99. The lowest BCUT2D eigenvalue weighted by molar-refractivity contribution is -0.127. The van der Waals surface area contributed by atoms with Crippen LogP contribution in [0.1, 0.15) is 48.9 Å². The Morgan fingerprint density at radius 2 is 1.80 bits per heavy atom. The van der Waals surface area contributed by atoms with Crippen molar-refractivity contribution in [2.24, 2.45) is 0 Å². The Morgan fingerprint density at radius 3 is 2.51 bits per heavy atom. The molecule has 0 unspecified atom stereocenters. The predicted octanol–water partition coefficient (Wildman–Crippen LogP) is 2.20. The molecule has 3 aliphatic rings. The first kappa shape index (κ1) is 24.3. The largest absolute Gasteiger partial charge is 0.376 e. The van der Waals surface area contributed by atoms with E-state index in [2.05, 4.69) is 5.32 Å². The van der Waals surface area contributed by atoms with Gasteiger partial charge in [0.2, 0.25) is 5.91 Å². The van der Waals surface area contributed by atoms with Crippen LogP contribution < -0.4 is 10.9 Å². The molecule has 3 aliphatic heterocycles. The van der Waals surface area contributed by atoms with E-state index in [1.54, 1.807) is 22.8 Å². The topological polar surface area (TPSA) is 103 Å². The van der Waals surface area contributed by atoms with Crippen LogP contribution in [-0.2, 0) is 20.8 Å². The standard InChI is InChI=1S/C25H32N4O5S/c30-22(28-9-1-2-10-28)16-35-25-27-21-13-17(23(31)26-14-18-5-3-11-33-18)7-8-20(21)24(32)29(25)15-19-6-4-12-34-19/h7-8,13,18-19H,1-6,9-12,14-16H2,(H,26,31)/t18-,19+/m1/s1. The summed E-state index contributed by atoms with van der Waals surface area (Å²) in [5, 5.41) is 3.86. The van der Waals surface area contributed by atoms with E-state index in [1.807, 2.05) is 4.90 Å². The van der Waals surface area contributed by atoms with Gasteiger partial charge in [0.25, 0.3) is 11.5 Å². The van der Waals surface area contributed by atoms with E-state index >= 15 is 0 Å². The number of hydrogen-bond acceptors (Lipinski definition) is 7. The van der Waals surface area contributed by atoms with Crippen molar-refractivity contribution in [1.82, 2.24) is 19.8 Å². The molecule has 1 aromatic heterocycles. The Bertz CT molecular complexity index is 1130. The van der Waals surface area contributed by atoms with Crippen molar-refractivity contribution in [2.75, 3.05) is 38.6 Å². The number of fused-ring (bicyclic) bond motifs is 1. The van der Waals surface area contributed by atoms with Crippen LogP contribution >= 0.6 is 11.8 Å². The molecule has 0 aliphatic carbocycles. The molecule has 10 heteroatoms. The summed E-state index contributed by atoms with van der Waals surface area (Å²) in [6.45, 7) is 3.88. The van der Waals surface area contributed by atoms with Crippen LogP contribution in [0, 0.1) is 0 Å². The SMILES string of the molecule is O=C(NC[C@H]1CCCO1)c1ccc2c(=O)n(C[C@@H]3CCCO3)c(SCC(=O)N3CCCC3)nc2c1. The van der Waals surface area contributed by atoms with Crippen LogP contribution in [0.2, 0.25) is 0 Å². The number of amides is 2. The highest BCUT2D eigenvalue weighted by atomic mass is 32.2. The smallest absolute Gasteiger partial charge is 0.262 e. The maximum absolute atomic E-state index is 13.5. The fourth-order valence-corrected chi connectivity index (χ4v) is 5.81. The summed E-state index contributed by atoms with van der Waals surface area (Å²) in [5.74, 6) is 0.0734. The summed E-state index contributed by atoms with van der Waals surface area (Å²) >= 11 is 1.28. The zero-order valence-electron chi connectivity index (χ0n) is 19.9. The van der Waals surface area contributed by atoms with Gasteiger partial charge in [-0.1, -0.05) is 11.8 Å². The average molecular weight is 501 g/mol. The second kappa shape index (κ2) is 11.1. The first-order valence-electron chi connectivity index (χ1n) is 12.5. The highest BCUT2D eigenvalue weighted by Crippen LogP contribution is 2.23. The van der Waals surface area contributed by atoms with E-state index in [0.29, 0.717) is 41.3 Å². The summed E-state index contributed by atoms with van der Waals surface area (Å²) < 4.78 is 13.0. The molecule has 5 rings (SSSR count). The monoisotopic (exact) mass is 500 g/mol. The second-order valence-corrected chi connectivity index (χ2v) is 10.3. The van der Waals surface area contributed by atoms with Crippen LogP contribution in [0.4, 0.5) is 0 Å². The molecule has 0 radical (unpaired) electrons. The molecule has 4 heterocycles. The number of benzene rings is 1. The van der Waals surface area contributed by atoms with Crippen molar-refractivity contribution in [1.29, 1.82) is 0 Å². The maximum Gasteiger partial charge on any atom is 0.262 e. The van der Waals surface area contributed by atoms with E-state index in [9.17, 15) is 14.4 Å². The Hall–Kier alpha value is -2.43. The minimum Gasteiger partial charge on any atom is -0.376 e. The Labute approximate surface area is 208 Å². The number of ether oxygens (including phenoxy) is 2. The number of nitrogens with zero attached hydrogens (tertiary/aromatic N) is 3. The minimum atomic E-state index is -0.217. The van der Waals surface area contributed by atoms with E-state index in [0.717, 1.165) is 58.2 Å². The molecule has 2 aromatic rings. The fraction of sp³-hybridized carbons (Fsp3) is 0.600. The molecule has 1 aromatic carbocycles. The van der Waals surface area contributed by atoms with Crippen molar-refractivity contribution in [3.8, 4) is 0 Å². The van der Waals surface area contributed by atoms with E-state index in [1.165, 1.54) is 11.8 Å². The highest BCUT2D eigenvalue weighted by Gasteiger charge is 2.23. The van der Waals surface area contributed by atoms with Gasteiger partial charge in [-0.15, -0.1) is 0 Å². The molecule has 35 heavy (non-hydrogen) atoms. The van der Waals surface area contributed by atoms with Gasteiger partial charge in [0, 0.05) is 38.4 Å². The van der Waals surface area contributed by atoms with Gasteiger partial charge in [0.05, 0.1) is 35.4 Å². The number of thioether (sulfide) groups is 1. The molecule has 2 amide bonds. The molecule has 0 saturated carbocycles. The van der Waals surface area contributed by atoms with Crippen molar-refractivity contribution in [2.45, 2.75) is 62.4 Å². The summed E-state index contributed by atoms with van der Waals surface area (Å²) in [5.41, 5.74) is 0.732. The van der Waals surface area contributed by atoms with Crippen molar-refractivity contribution < 1.29 is 19.1 Å². The van der Waals surface area contributed by atoms with Crippen molar-refractivity contribution in [3.05, 3.63) is 34.1 Å². The molecule has 9 nitrogen and oxygen atoms in total. The molecule has 0 spiro atoms. The van der Waals surface area contributed by atoms with E-state index < -0.39 is 0 Å². The van der Waals surface area contributed by atoms with Gasteiger partial charge in [-0.2, -0.15) is 0 Å². The van der Waals surface area contributed by atoms with Crippen LogP contribution in [0.25, 0.3) is 10.9 Å². The predicted molar refractivity (Wildman–Crippen MR) is 133 cm³/mol. The van der Waals surface area contributed by atoms with Crippen molar-refractivity contribution in [3.63, 3.8) is 0 Å². The van der Waals surface area contributed by atoms with Gasteiger partial charge < -0.3 is 19.7 Å². The third kappa shape index (κ3) is 5.70. The van der Waals surface area contributed by atoms with E-state index in [4.69, 9.17) is 14.5 Å². The number of hydrogen-bond donors (Lipinski definition) is 1. The van der Waals surface area contributed by atoms with Gasteiger partial charge >= 0.3 is 0 Å². The van der Waals surface area contributed by atoms with Gasteiger partial charge in [-0.25, -0.2) is 4.98 Å². The van der Waals surface area contributed by atoms with Crippen molar-refractivity contribution >= 4 is 34.5 Å². The fourth-order valence-electron chi connectivity index (χ4n) is 4.90. The molecule has 1 N–H and O–H groups in total. The zero-order chi connectivity index (χ0) is 24.2. The van der Waals surface area contributed by atoms with Gasteiger partial charge in [0.1, 0.15) is 0 Å². The molecule has 3 fully saturated rings. The summed E-state index contributed by atoms with van der Waals surface area (Å²) in [6, 6.07) is 4.99. The zero-order valence-corrected chi connectivity index (χ0v) is 20.7. The second-order valence-electron chi connectivity index (χ2n) is 9.40. The van der Waals surface area contributed by atoms with Crippen LogP contribution in [0.3, 0.4) is 0 Å². The number of carbonyl (C=O) groups is 2. The van der Waals surface area contributed by atoms with Gasteiger partial charge in [-0.3, -0.25) is 19.0 Å². The number of nitrogens with one attached hydrogen (secondary N) is 1. The van der Waals surface area contributed by atoms with Crippen LogP contribution in [-0.4, -0.2) is 77.1 Å². The Morgan fingerprint density at radius 1 is 1.06 bits per heavy atom. The lowest BCUT2D eigenvalue weighted by Crippen LogP contribution is -2.32. The van der Waals surface area contributed by atoms with Crippen LogP contribution in [0.15, 0.2) is 28.2 Å². The Kier molecular flexibility index (Phi) is 7.69. The average Bonchev–Trinajstić information content (AvgIpc) is 3.66. The van der Waals surface area contributed by atoms with Gasteiger partial charge in [0.15, 0.2) is 5.16 Å². The first-order chi connectivity index (χ1) is 17.1. The third-order valence-electron chi connectivity index (χ3n) is 6.89. The molecule has 188 valence electrons. The normalized spacial score (nSPS) is 22.2.